The quantitative estimate of drug-likeness (QED) is 0.785. The predicted octanol–water partition coefficient (Wildman–Crippen LogP) is 4.26. The lowest BCUT2D eigenvalue weighted by Gasteiger charge is -2.41. The molecule has 0 N–H and O–H groups in total. The fourth-order valence-electron chi connectivity index (χ4n) is 2.99. The molecule has 2 aromatic rings. The first kappa shape index (κ1) is 14.6. The molecule has 1 aliphatic rings. The minimum Gasteiger partial charge on any atom is -0.456 e. The van der Waals surface area contributed by atoms with E-state index in [1.54, 1.807) is 0 Å². The van der Waals surface area contributed by atoms with Gasteiger partial charge in [0, 0.05) is 30.8 Å². The van der Waals surface area contributed by atoms with Gasteiger partial charge in [-0.25, -0.2) is 0 Å². The number of nitrogens with zero attached hydrogens (tertiary/aromatic N) is 1. The molecule has 3 heteroatoms. The molecule has 1 aliphatic heterocycles. The monoisotopic (exact) mass is 299 g/mol. The van der Waals surface area contributed by atoms with E-state index >= 15 is 0 Å². The lowest BCUT2D eigenvalue weighted by Crippen LogP contribution is -2.40. The molecule has 0 amide bonds. The van der Waals surface area contributed by atoms with Gasteiger partial charge in [0.2, 0.25) is 0 Å². The SMILES string of the molecule is CC(C)N(C(C)C)P1c2ccccc2Oc2ccccc21. The minimum atomic E-state index is -0.537. The Balaban J connectivity index is 2.18. The summed E-state index contributed by atoms with van der Waals surface area (Å²) < 4.78 is 8.73. The number of para-hydroxylation sites is 2. The van der Waals surface area contributed by atoms with Crippen LogP contribution in [0.1, 0.15) is 27.7 Å². The third kappa shape index (κ3) is 2.59. The molecule has 2 nitrogen and oxygen atoms in total. The normalized spacial score (nSPS) is 14.2. The van der Waals surface area contributed by atoms with Crippen LogP contribution in [-0.2, 0) is 0 Å². The van der Waals surface area contributed by atoms with E-state index < -0.39 is 8.07 Å². The summed E-state index contributed by atoms with van der Waals surface area (Å²) in [5.41, 5.74) is 0. The first-order valence-corrected chi connectivity index (χ1v) is 8.83. The number of fused-ring (bicyclic) bond motifs is 2. The van der Waals surface area contributed by atoms with E-state index in [0.29, 0.717) is 12.1 Å². The van der Waals surface area contributed by atoms with Crippen molar-refractivity contribution in [2.45, 2.75) is 39.8 Å². The second-order valence-electron chi connectivity index (χ2n) is 5.92. The Hall–Kier alpha value is -1.37. The van der Waals surface area contributed by atoms with Gasteiger partial charge in [0.1, 0.15) is 11.5 Å². The number of benzene rings is 2. The summed E-state index contributed by atoms with van der Waals surface area (Å²) in [5, 5.41) is 2.65. The van der Waals surface area contributed by atoms with Gasteiger partial charge in [-0.15, -0.1) is 0 Å². The summed E-state index contributed by atoms with van der Waals surface area (Å²) in [7, 11) is -0.537. The molecule has 0 saturated carbocycles. The predicted molar refractivity (Wildman–Crippen MR) is 91.3 cm³/mol. The summed E-state index contributed by atoms with van der Waals surface area (Å²) in [6.45, 7) is 9.12. The standard InChI is InChI=1S/C18H22NOP/c1-13(2)19(14(3)4)21-17-11-7-5-9-15(17)20-16-10-6-8-12-18(16)21/h5-14H,1-4H3. The second-order valence-corrected chi connectivity index (χ2v) is 7.97. The van der Waals surface area contributed by atoms with E-state index in [1.807, 2.05) is 0 Å². The highest BCUT2D eigenvalue weighted by molar-refractivity contribution is 7.71. The zero-order valence-corrected chi connectivity index (χ0v) is 14.0. The van der Waals surface area contributed by atoms with Crippen LogP contribution in [0.25, 0.3) is 0 Å². The summed E-state index contributed by atoms with van der Waals surface area (Å²) >= 11 is 0. The zero-order chi connectivity index (χ0) is 15.0. The van der Waals surface area contributed by atoms with E-state index in [4.69, 9.17) is 4.74 Å². The maximum Gasteiger partial charge on any atom is 0.136 e. The molecule has 0 saturated heterocycles. The molecule has 0 unspecified atom stereocenters. The van der Waals surface area contributed by atoms with Gasteiger partial charge in [-0.1, -0.05) is 24.3 Å². The molecule has 1 heterocycles. The first-order valence-electron chi connectivity index (χ1n) is 7.54. The number of hydrogen-bond donors (Lipinski definition) is 0. The molecule has 2 aromatic carbocycles. The third-order valence-electron chi connectivity index (χ3n) is 3.70. The van der Waals surface area contributed by atoms with Crippen LogP contribution in [-0.4, -0.2) is 16.8 Å². The van der Waals surface area contributed by atoms with Gasteiger partial charge in [-0.3, -0.25) is 4.67 Å². The largest absolute Gasteiger partial charge is 0.456 e. The van der Waals surface area contributed by atoms with Gasteiger partial charge in [0.15, 0.2) is 0 Å². The minimum absolute atomic E-state index is 0.496. The summed E-state index contributed by atoms with van der Waals surface area (Å²) in [5.74, 6) is 2.02. The highest BCUT2D eigenvalue weighted by atomic mass is 31.1. The van der Waals surface area contributed by atoms with Gasteiger partial charge < -0.3 is 4.74 Å². The molecule has 0 aliphatic carbocycles. The molecule has 0 atom stereocenters. The van der Waals surface area contributed by atoms with Crippen molar-refractivity contribution in [1.29, 1.82) is 0 Å². The van der Waals surface area contributed by atoms with Crippen LogP contribution in [0.5, 0.6) is 11.5 Å². The van der Waals surface area contributed by atoms with Gasteiger partial charge >= 0.3 is 0 Å². The molecule has 0 fully saturated rings. The van der Waals surface area contributed by atoms with E-state index in [9.17, 15) is 0 Å². The van der Waals surface area contributed by atoms with E-state index in [-0.39, 0.29) is 0 Å². The third-order valence-corrected chi connectivity index (χ3v) is 6.73. The smallest absolute Gasteiger partial charge is 0.136 e. The fraction of sp³-hybridized carbons (Fsp3) is 0.333. The van der Waals surface area contributed by atoms with E-state index in [2.05, 4.69) is 80.9 Å². The molecule has 3 rings (SSSR count). The lowest BCUT2D eigenvalue weighted by molar-refractivity contribution is 0.326. The van der Waals surface area contributed by atoms with Crippen molar-refractivity contribution in [3.05, 3.63) is 48.5 Å². The average Bonchev–Trinajstić information content (AvgIpc) is 2.46. The zero-order valence-electron chi connectivity index (χ0n) is 13.1. The van der Waals surface area contributed by atoms with Gasteiger partial charge in [0.25, 0.3) is 0 Å². The van der Waals surface area contributed by atoms with Crippen molar-refractivity contribution in [2.75, 3.05) is 0 Å². The number of ether oxygens (including phenoxy) is 1. The van der Waals surface area contributed by atoms with Gasteiger partial charge in [0.05, 0.1) is 0 Å². The Bertz CT molecular complexity index is 585. The van der Waals surface area contributed by atoms with Crippen LogP contribution in [0.4, 0.5) is 0 Å². The Morgan fingerprint density at radius 1 is 0.762 bits per heavy atom. The first-order chi connectivity index (χ1) is 10.1. The van der Waals surface area contributed by atoms with E-state index in [0.717, 1.165) is 11.5 Å². The molecule has 0 aromatic heterocycles. The van der Waals surface area contributed by atoms with Crippen molar-refractivity contribution in [3.63, 3.8) is 0 Å². The fourth-order valence-corrected chi connectivity index (χ4v) is 5.79. The van der Waals surface area contributed by atoms with Crippen molar-refractivity contribution < 1.29 is 4.74 Å². The van der Waals surface area contributed by atoms with Crippen molar-refractivity contribution in [1.82, 2.24) is 4.67 Å². The summed E-state index contributed by atoms with van der Waals surface area (Å²) in [4.78, 5) is 0. The Labute approximate surface area is 128 Å². The van der Waals surface area contributed by atoms with Gasteiger partial charge in [-0.05, 0) is 52.0 Å². The molecule has 110 valence electrons. The highest BCUT2D eigenvalue weighted by Gasteiger charge is 2.34. The van der Waals surface area contributed by atoms with Crippen LogP contribution in [0.15, 0.2) is 48.5 Å². The Kier molecular flexibility index (Phi) is 4.01. The Morgan fingerprint density at radius 3 is 1.62 bits per heavy atom. The van der Waals surface area contributed by atoms with Crippen LogP contribution < -0.4 is 15.3 Å². The van der Waals surface area contributed by atoms with Gasteiger partial charge in [-0.2, -0.15) is 0 Å². The molecule has 0 spiro atoms. The number of rotatable bonds is 3. The maximum atomic E-state index is 6.11. The molecular formula is C18H22NOP. The molecule has 21 heavy (non-hydrogen) atoms. The van der Waals surface area contributed by atoms with E-state index in [1.165, 1.54) is 10.6 Å². The Morgan fingerprint density at radius 2 is 1.19 bits per heavy atom. The summed E-state index contributed by atoms with van der Waals surface area (Å²) in [6, 6.07) is 17.9. The summed E-state index contributed by atoms with van der Waals surface area (Å²) in [6.07, 6.45) is 0. The van der Waals surface area contributed by atoms with Crippen LogP contribution in [0, 0.1) is 0 Å². The lowest BCUT2D eigenvalue weighted by atomic mass is 10.3. The van der Waals surface area contributed by atoms with Crippen LogP contribution in [0.3, 0.4) is 0 Å². The van der Waals surface area contributed by atoms with Crippen molar-refractivity contribution >= 4 is 18.7 Å². The molecular weight excluding hydrogens is 277 g/mol. The van der Waals surface area contributed by atoms with Crippen molar-refractivity contribution in [2.24, 2.45) is 0 Å². The molecule has 0 bridgehead atoms. The number of hydrogen-bond acceptors (Lipinski definition) is 2. The maximum absolute atomic E-state index is 6.11. The van der Waals surface area contributed by atoms with Crippen LogP contribution in [0.2, 0.25) is 0 Å². The average molecular weight is 299 g/mol. The highest BCUT2D eigenvalue weighted by Crippen LogP contribution is 2.49. The van der Waals surface area contributed by atoms with Crippen molar-refractivity contribution in [3.8, 4) is 11.5 Å². The second kappa shape index (κ2) is 5.79. The van der Waals surface area contributed by atoms with Crippen LogP contribution >= 0.6 is 8.07 Å². The molecule has 0 radical (unpaired) electrons. The topological polar surface area (TPSA) is 12.5 Å².